The van der Waals surface area contributed by atoms with Crippen molar-refractivity contribution in [2.24, 2.45) is 0 Å². The van der Waals surface area contributed by atoms with Gasteiger partial charge < -0.3 is 15.2 Å². The van der Waals surface area contributed by atoms with E-state index in [4.69, 9.17) is 9.84 Å². The molecule has 3 N–H and O–H groups in total. The molecule has 0 aliphatic rings. The van der Waals surface area contributed by atoms with Crippen molar-refractivity contribution in [2.45, 2.75) is 25.8 Å². The van der Waals surface area contributed by atoms with Crippen LogP contribution in [0.1, 0.15) is 18.4 Å². The standard InChI is InChI=1S/C17H22N4O4/c1-25-11-3-9-21-10-8-15(20-21)19-17(24)18-14-5-2-4-13(12-14)6-7-16(22)23/h2,4-5,8,10,12H,3,6-7,9,11H2,1H3,(H,22,23)(H2,18,19,20,24). The van der Waals surface area contributed by atoms with Crippen LogP contribution in [0.2, 0.25) is 0 Å². The van der Waals surface area contributed by atoms with Gasteiger partial charge in [-0.15, -0.1) is 0 Å². The van der Waals surface area contributed by atoms with Crippen LogP contribution in [0.5, 0.6) is 0 Å². The second kappa shape index (κ2) is 9.43. The smallest absolute Gasteiger partial charge is 0.324 e. The molecule has 1 heterocycles. The second-order valence-corrected chi connectivity index (χ2v) is 5.48. The lowest BCUT2D eigenvalue weighted by Crippen LogP contribution is -2.20. The molecule has 8 nitrogen and oxygen atoms in total. The second-order valence-electron chi connectivity index (χ2n) is 5.48. The number of aromatic nitrogens is 2. The van der Waals surface area contributed by atoms with E-state index < -0.39 is 12.0 Å². The molecule has 0 unspecified atom stereocenters. The zero-order valence-electron chi connectivity index (χ0n) is 14.1. The first-order chi connectivity index (χ1) is 12.1. The number of rotatable bonds is 9. The van der Waals surface area contributed by atoms with Crippen LogP contribution < -0.4 is 10.6 Å². The summed E-state index contributed by atoms with van der Waals surface area (Å²) in [6.07, 6.45) is 3.10. The lowest BCUT2D eigenvalue weighted by atomic mass is 10.1. The molecule has 0 aliphatic heterocycles. The number of amides is 2. The van der Waals surface area contributed by atoms with Crippen molar-refractivity contribution in [3.05, 3.63) is 42.1 Å². The van der Waals surface area contributed by atoms with Crippen molar-refractivity contribution < 1.29 is 19.4 Å². The number of aryl methyl sites for hydroxylation is 2. The fourth-order valence-corrected chi connectivity index (χ4v) is 2.26. The Kier molecular flexibility index (Phi) is 6.97. The Morgan fingerprint density at radius 3 is 2.88 bits per heavy atom. The van der Waals surface area contributed by atoms with Gasteiger partial charge in [0.2, 0.25) is 0 Å². The van der Waals surface area contributed by atoms with E-state index in [1.165, 1.54) is 0 Å². The van der Waals surface area contributed by atoms with Crippen molar-refractivity contribution >= 4 is 23.5 Å². The minimum absolute atomic E-state index is 0.0517. The van der Waals surface area contributed by atoms with Gasteiger partial charge in [0.1, 0.15) is 0 Å². The summed E-state index contributed by atoms with van der Waals surface area (Å²) >= 11 is 0. The molecule has 0 spiro atoms. The maximum Gasteiger partial charge on any atom is 0.324 e. The van der Waals surface area contributed by atoms with Crippen LogP contribution in [0.15, 0.2) is 36.5 Å². The summed E-state index contributed by atoms with van der Waals surface area (Å²) in [5, 5.41) is 18.4. The molecule has 1 aromatic heterocycles. The Hall–Kier alpha value is -2.87. The average molecular weight is 346 g/mol. The van der Waals surface area contributed by atoms with Crippen molar-refractivity contribution in [1.82, 2.24) is 9.78 Å². The highest BCUT2D eigenvalue weighted by atomic mass is 16.5. The van der Waals surface area contributed by atoms with Crippen molar-refractivity contribution in [2.75, 3.05) is 24.4 Å². The number of carboxylic acids is 1. The fourth-order valence-electron chi connectivity index (χ4n) is 2.26. The van der Waals surface area contributed by atoms with E-state index in [0.29, 0.717) is 31.1 Å². The van der Waals surface area contributed by atoms with Gasteiger partial charge in [-0.2, -0.15) is 5.10 Å². The summed E-state index contributed by atoms with van der Waals surface area (Å²) in [5.74, 6) is -0.394. The van der Waals surface area contributed by atoms with Gasteiger partial charge in [0, 0.05) is 44.6 Å². The maximum atomic E-state index is 12.0. The molecule has 25 heavy (non-hydrogen) atoms. The van der Waals surface area contributed by atoms with E-state index in [9.17, 15) is 9.59 Å². The molecule has 0 fully saturated rings. The number of anilines is 2. The van der Waals surface area contributed by atoms with E-state index in [1.54, 1.807) is 42.3 Å². The first-order valence-corrected chi connectivity index (χ1v) is 7.98. The van der Waals surface area contributed by atoms with E-state index in [-0.39, 0.29) is 6.42 Å². The number of carboxylic acid groups (broad SMARTS) is 1. The molecule has 2 amide bonds. The molecule has 0 atom stereocenters. The Bertz CT molecular complexity index is 714. The maximum absolute atomic E-state index is 12.0. The van der Waals surface area contributed by atoms with Gasteiger partial charge in [0.25, 0.3) is 0 Å². The molecule has 2 aromatic rings. The Morgan fingerprint density at radius 2 is 2.12 bits per heavy atom. The number of aliphatic carboxylic acids is 1. The van der Waals surface area contributed by atoms with Crippen molar-refractivity contribution in [3.8, 4) is 0 Å². The number of carbonyl (C=O) groups excluding carboxylic acids is 1. The lowest BCUT2D eigenvalue weighted by molar-refractivity contribution is -0.136. The van der Waals surface area contributed by atoms with Gasteiger partial charge >= 0.3 is 12.0 Å². The van der Waals surface area contributed by atoms with Gasteiger partial charge in [0.05, 0.1) is 0 Å². The highest BCUT2D eigenvalue weighted by Crippen LogP contribution is 2.13. The van der Waals surface area contributed by atoms with Crippen LogP contribution in [-0.2, 0) is 22.5 Å². The zero-order chi connectivity index (χ0) is 18.1. The molecular weight excluding hydrogens is 324 g/mol. The number of urea groups is 1. The topological polar surface area (TPSA) is 105 Å². The number of methoxy groups -OCH3 is 1. The molecule has 0 saturated heterocycles. The summed E-state index contributed by atoms with van der Waals surface area (Å²) < 4.78 is 6.73. The van der Waals surface area contributed by atoms with E-state index in [1.807, 2.05) is 6.07 Å². The molecule has 0 aliphatic carbocycles. The monoisotopic (exact) mass is 346 g/mol. The predicted octanol–water partition coefficient (Wildman–Crippen LogP) is 2.58. The van der Waals surface area contributed by atoms with Crippen LogP contribution in [0.25, 0.3) is 0 Å². The van der Waals surface area contributed by atoms with Crippen LogP contribution in [0.3, 0.4) is 0 Å². The molecule has 0 radical (unpaired) electrons. The normalized spacial score (nSPS) is 10.4. The van der Waals surface area contributed by atoms with Gasteiger partial charge in [-0.25, -0.2) is 4.79 Å². The first-order valence-electron chi connectivity index (χ1n) is 7.98. The van der Waals surface area contributed by atoms with E-state index in [2.05, 4.69) is 15.7 Å². The van der Waals surface area contributed by atoms with E-state index >= 15 is 0 Å². The number of ether oxygens (including phenoxy) is 1. The van der Waals surface area contributed by atoms with Crippen molar-refractivity contribution in [1.29, 1.82) is 0 Å². The van der Waals surface area contributed by atoms with Crippen LogP contribution in [0.4, 0.5) is 16.3 Å². The molecule has 0 saturated carbocycles. The van der Waals surface area contributed by atoms with Crippen LogP contribution in [-0.4, -0.2) is 40.6 Å². The molecule has 8 heteroatoms. The van der Waals surface area contributed by atoms with Crippen LogP contribution in [0, 0.1) is 0 Å². The number of benzene rings is 1. The predicted molar refractivity (Wildman–Crippen MR) is 93.8 cm³/mol. The number of carbonyl (C=O) groups is 2. The van der Waals surface area contributed by atoms with Crippen molar-refractivity contribution in [3.63, 3.8) is 0 Å². The lowest BCUT2D eigenvalue weighted by Gasteiger charge is -2.07. The molecule has 134 valence electrons. The third-order valence-electron chi connectivity index (χ3n) is 3.43. The molecular formula is C17H22N4O4. The minimum Gasteiger partial charge on any atom is -0.481 e. The third-order valence-corrected chi connectivity index (χ3v) is 3.43. The first kappa shape index (κ1) is 18.5. The molecule has 0 bridgehead atoms. The number of nitrogens with one attached hydrogen (secondary N) is 2. The quantitative estimate of drug-likeness (QED) is 0.605. The SMILES string of the molecule is COCCCn1ccc(NC(=O)Nc2cccc(CCC(=O)O)c2)n1. The Balaban J connectivity index is 1.85. The average Bonchev–Trinajstić information content (AvgIpc) is 3.00. The van der Waals surface area contributed by atoms with E-state index in [0.717, 1.165) is 12.0 Å². The summed E-state index contributed by atoms with van der Waals surface area (Å²) in [4.78, 5) is 22.7. The van der Waals surface area contributed by atoms with Gasteiger partial charge in [-0.05, 0) is 30.5 Å². The summed E-state index contributed by atoms with van der Waals surface area (Å²) in [7, 11) is 1.65. The largest absolute Gasteiger partial charge is 0.481 e. The Labute approximate surface area is 145 Å². The number of hydrogen-bond acceptors (Lipinski definition) is 4. The highest BCUT2D eigenvalue weighted by molar-refractivity contribution is 5.99. The van der Waals surface area contributed by atoms with Crippen LogP contribution >= 0.6 is 0 Å². The summed E-state index contributed by atoms with van der Waals surface area (Å²) in [6.45, 7) is 1.37. The minimum atomic E-state index is -0.850. The van der Waals surface area contributed by atoms with Gasteiger partial charge in [0.15, 0.2) is 5.82 Å². The summed E-state index contributed by atoms with van der Waals surface area (Å²) in [5.41, 5.74) is 1.45. The third kappa shape index (κ3) is 6.64. The molecule has 1 aromatic carbocycles. The zero-order valence-corrected chi connectivity index (χ0v) is 14.1. The number of hydrogen-bond donors (Lipinski definition) is 3. The fraction of sp³-hybridized carbons (Fsp3) is 0.353. The summed E-state index contributed by atoms with van der Waals surface area (Å²) in [6, 6.07) is 8.41. The highest BCUT2D eigenvalue weighted by Gasteiger charge is 2.06. The van der Waals surface area contributed by atoms with Gasteiger partial charge in [-0.3, -0.25) is 14.8 Å². The van der Waals surface area contributed by atoms with Gasteiger partial charge in [-0.1, -0.05) is 12.1 Å². The Morgan fingerprint density at radius 1 is 1.28 bits per heavy atom. The number of nitrogens with zero attached hydrogens (tertiary/aromatic N) is 2. The molecule has 2 rings (SSSR count).